The summed E-state index contributed by atoms with van der Waals surface area (Å²) in [6.45, 7) is 0. The van der Waals surface area contributed by atoms with Gasteiger partial charge in [0.05, 0.1) is 7.11 Å². The Kier molecular flexibility index (Phi) is 2.37. The van der Waals surface area contributed by atoms with Gasteiger partial charge in [-0.2, -0.15) is 0 Å². The molecule has 0 spiro atoms. The van der Waals surface area contributed by atoms with Gasteiger partial charge in [0.2, 0.25) is 0 Å². The van der Waals surface area contributed by atoms with Gasteiger partial charge in [-0.3, -0.25) is 0 Å². The summed E-state index contributed by atoms with van der Waals surface area (Å²) in [4.78, 5) is 4.66. The standard InChI is InChI=1S/C4H5Cl2N3O/c1-10-9-7-3(5)2-4(6)8-9/h2,7H,1H3. The Balaban J connectivity index is 2.67. The van der Waals surface area contributed by atoms with Gasteiger partial charge >= 0.3 is 0 Å². The fourth-order valence-electron chi connectivity index (χ4n) is 0.455. The number of hydrazine groups is 1. The molecule has 1 heterocycles. The van der Waals surface area contributed by atoms with Crippen LogP contribution in [0.3, 0.4) is 0 Å². The number of hydrogen-bond acceptors (Lipinski definition) is 4. The summed E-state index contributed by atoms with van der Waals surface area (Å²) in [5, 5.41) is 5.36. The first-order valence-corrected chi connectivity index (χ1v) is 3.20. The summed E-state index contributed by atoms with van der Waals surface area (Å²) >= 11 is 11.1. The third kappa shape index (κ3) is 1.76. The fourth-order valence-corrected chi connectivity index (χ4v) is 0.865. The van der Waals surface area contributed by atoms with E-state index in [-0.39, 0.29) is 5.17 Å². The van der Waals surface area contributed by atoms with E-state index in [1.807, 2.05) is 0 Å². The summed E-state index contributed by atoms with van der Waals surface area (Å²) in [6, 6.07) is 0. The number of halogens is 2. The molecule has 6 heteroatoms. The number of hydrazone groups is 1. The molecule has 0 atom stereocenters. The number of rotatable bonds is 1. The Morgan fingerprint density at radius 3 is 2.90 bits per heavy atom. The van der Waals surface area contributed by atoms with E-state index < -0.39 is 0 Å². The van der Waals surface area contributed by atoms with Crippen molar-refractivity contribution in [3.63, 3.8) is 0 Å². The zero-order chi connectivity index (χ0) is 7.56. The Morgan fingerprint density at radius 1 is 1.70 bits per heavy atom. The second-order valence-corrected chi connectivity index (χ2v) is 2.28. The van der Waals surface area contributed by atoms with Crippen LogP contribution in [0.1, 0.15) is 0 Å². The highest BCUT2D eigenvalue weighted by Crippen LogP contribution is 2.07. The largest absolute Gasteiger partial charge is 0.246 e. The van der Waals surface area contributed by atoms with Crippen LogP contribution in [0.15, 0.2) is 16.3 Å². The molecule has 0 aromatic rings. The normalized spacial score (nSPS) is 17.7. The molecule has 0 bridgehead atoms. The maximum atomic E-state index is 5.55. The molecule has 0 fully saturated rings. The van der Waals surface area contributed by atoms with Gasteiger partial charge in [-0.25, -0.2) is 10.3 Å². The van der Waals surface area contributed by atoms with Crippen molar-refractivity contribution < 1.29 is 4.84 Å². The molecule has 0 radical (unpaired) electrons. The van der Waals surface area contributed by atoms with Crippen molar-refractivity contribution in [2.75, 3.05) is 7.11 Å². The summed E-state index contributed by atoms with van der Waals surface area (Å²) in [5.41, 5.74) is 2.56. The monoisotopic (exact) mass is 181 g/mol. The molecule has 0 aromatic heterocycles. The number of nitrogens with one attached hydrogen (secondary N) is 1. The predicted molar refractivity (Wildman–Crippen MR) is 39.2 cm³/mol. The van der Waals surface area contributed by atoms with Crippen LogP contribution >= 0.6 is 23.2 Å². The predicted octanol–water partition coefficient (Wildman–Crippen LogP) is 1.00. The maximum absolute atomic E-state index is 5.55. The van der Waals surface area contributed by atoms with E-state index in [9.17, 15) is 0 Å². The topological polar surface area (TPSA) is 36.9 Å². The van der Waals surface area contributed by atoms with Gasteiger partial charge < -0.3 is 0 Å². The lowest BCUT2D eigenvalue weighted by Crippen LogP contribution is -2.33. The average molecular weight is 182 g/mol. The summed E-state index contributed by atoms with van der Waals surface area (Å²) in [7, 11) is 1.44. The molecule has 0 aliphatic carbocycles. The van der Waals surface area contributed by atoms with Crippen LogP contribution in [0.5, 0.6) is 0 Å². The van der Waals surface area contributed by atoms with Crippen molar-refractivity contribution in [2.24, 2.45) is 5.10 Å². The van der Waals surface area contributed by atoms with Crippen molar-refractivity contribution in [1.82, 2.24) is 10.7 Å². The van der Waals surface area contributed by atoms with Crippen molar-refractivity contribution in [3.05, 3.63) is 11.2 Å². The van der Waals surface area contributed by atoms with Crippen molar-refractivity contribution in [3.8, 4) is 0 Å². The van der Waals surface area contributed by atoms with Crippen LogP contribution in [0.4, 0.5) is 0 Å². The molecule has 56 valence electrons. The molecule has 10 heavy (non-hydrogen) atoms. The van der Waals surface area contributed by atoms with Gasteiger partial charge in [0.15, 0.2) is 5.17 Å². The Labute approximate surface area is 68.0 Å². The highest BCUT2D eigenvalue weighted by atomic mass is 35.5. The Hall–Kier alpha value is -0.450. The van der Waals surface area contributed by atoms with E-state index >= 15 is 0 Å². The summed E-state index contributed by atoms with van der Waals surface area (Å²) in [6.07, 6.45) is 1.47. The first-order chi connectivity index (χ1) is 4.72. The Bertz CT molecular complexity index is 191. The molecule has 0 amide bonds. The van der Waals surface area contributed by atoms with E-state index in [0.29, 0.717) is 5.16 Å². The number of nitrogens with zero attached hydrogens (tertiary/aromatic N) is 2. The van der Waals surface area contributed by atoms with Crippen molar-refractivity contribution in [2.45, 2.75) is 0 Å². The quantitative estimate of drug-likeness (QED) is 0.614. The molecule has 1 N–H and O–H groups in total. The molecule has 0 saturated heterocycles. The van der Waals surface area contributed by atoms with Crippen LogP contribution < -0.4 is 5.43 Å². The summed E-state index contributed by atoms with van der Waals surface area (Å²) < 4.78 is 0. The van der Waals surface area contributed by atoms with E-state index in [2.05, 4.69) is 15.4 Å². The molecule has 1 rings (SSSR count). The molecule has 0 saturated carbocycles. The lowest BCUT2D eigenvalue weighted by molar-refractivity contribution is -0.162. The van der Waals surface area contributed by atoms with E-state index in [4.69, 9.17) is 23.2 Å². The van der Waals surface area contributed by atoms with E-state index in [1.165, 1.54) is 13.2 Å². The highest BCUT2D eigenvalue weighted by Gasteiger charge is 2.07. The van der Waals surface area contributed by atoms with Crippen LogP contribution in [0, 0.1) is 0 Å². The SMILES string of the molecule is CON1N=C(Cl)C=C(Cl)N1. The number of hydrogen-bond donors (Lipinski definition) is 1. The molecule has 0 unspecified atom stereocenters. The average Bonchev–Trinajstić information content (AvgIpc) is 1.85. The highest BCUT2D eigenvalue weighted by molar-refractivity contribution is 6.69. The first kappa shape index (κ1) is 7.65. The lowest BCUT2D eigenvalue weighted by atomic mass is 10.6. The summed E-state index contributed by atoms with van der Waals surface area (Å²) in [5.74, 6) is 0. The molecular formula is C4H5Cl2N3O. The van der Waals surface area contributed by atoms with Crippen LogP contribution in [0.2, 0.25) is 0 Å². The first-order valence-electron chi connectivity index (χ1n) is 2.44. The van der Waals surface area contributed by atoms with Crippen molar-refractivity contribution in [1.29, 1.82) is 0 Å². The second kappa shape index (κ2) is 3.09. The number of allylic oxidation sites excluding steroid dienone is 1. The molecule has 4 nitrogen and oxygen atoms in total. The van der Waals surface area contributed by atoms with Crippen molar-refractivity contribution >= 4 is 28.4 Å². The minimum atomic E-state index is 0.269. The van der Waals surface area contributed by atoms with Gasteiger partial charge in [-0.05, 0) is 0 Å². The van der Waals surface area contributed by atoms with Gasteiger partial charge in [-0.1, -0.05) is 28.5 Å². The lowest BCUT2D eigenvalue weighted by Gasteiger charge is -2.19. The van der Waals surface area contributed by atoms with Crippen LogP contribution in [0.25, 0.3) is 0 Å². The third-order valence-corrected chi connectivity index (χ3v) is 1.19. The van der Waals surface area contributed by atoms with Crippen LogP contribution in [-0.4, -0.2) is 17.6 Å². The third-order valence-electron chi connectivity index (χ3n) is 0.808. The Morgan fingerprint density at radius 2 is 2.40 bits per heavy atom. The zero-order valence-corrected chi connectivity index (χ0v) is 6.65. The van der Waals surface area contributed by atoms with E-state index in [1.54, 1.807) is 0 Å². The molecular weight excluding hydrogens is 177 g/mol. The van der Waals surface area contributed by atoms with Gasteiger partial charge in [0.25, 0.3) is 0 Å². The minimum Gasteiger partial charge on any atom is -0.246 e. The van der Waals surface area contributed by atoms with Gasteiger partial charge in [-0.15, -0.1) is 5.10 Å². The zero-order valence-electron chi connectivity index (χ0n) is 5.14. The minimum absolute atomic E-state index is 0.269. The second-order valence-electron chi connectivity index (χ2n) is 1.48. The molecule has 1 aliphatic rings. The van der Waals surface area contributed by atoms with Gasteiger partial charge in [0, 0.05) is 6.08 Å². The maximum Gasteiger partial charge on any atom is 0.156 e. The fraction of sp³-hybridized carbons (Fsp3) is 0.250. The smallest absolute Gasteiger partial charge is 0.156 e. The van der Waals surface area contributed by atoms with E-state index in [0.717, 1.165) is 5.28 Å². The van der Waals surface area contributed by atoms with Crippen LogP contribution in [-0.2, 0) is 4.84 Å². The molecule has 1 aliphatic heterocycles. The molecule has 0 aromatic carbocycles. The van der Waals surface area contributed by atoms with Gasteiger partial charge in [0.1, 0.15) is 5.16 Å².